The second-order valence-corrected chi connectivity index (χ2v) is 5.06. The molecule has 102 valence electrons. The predicted molar refractivity (Wildman–Crippen MR) is 70.1 cm³/mol. The molecule has 0 amide bonds. The summed E-state index contributed by atoms with van der Waals surface area (Å²) in [6.07, 6.45) is 7.30. The molecule has 0 spiro atoms. The molecule has 1 unspecified atom stereocenters. The summed E-state index contributed by atoms with van der Waals surface area (Å²) in [5, 5.41) is 8.12. The average molecular weight is 252 g/mol. The number of nitrogens with zero attached hydrogens (tertiary/aromatic N) is 3. The minimum atomic E-state index is -0.206. The van der Waals surface area contributed by atoms with E-state index in [1.807, 2.05) is 11.6 Å². The molecule has 0 saturated heterocycles. The Bertz CT molecular complexity index is 371. The molecule has 1 saturated carbocycles. The third kappa shape index (κ3) is 2.42. The monoisotopic (exact) mass is 252 g/mol. The second-order valence-electron chi connectivity index (χ2n) is 5.06. The van der Waals surface area contributed by atoms with Gasteiger partial charge in [0.1, 0.15) is 0 Å². The summed E-state index contributed by atoms with van der Waals surface area (Å²) >= 11 is 0. The zero-order valence-corrected chi connectivity index (χ0v) is 11.4. The number of aromatic nitrogens is 3. The zero-order chi connectivity index (χ0) is 13.0. The van der Waals surface area contributed by atoms with Crippen molar-refractivity contribution in [3.05, 3.63) is 11.9 Å². The van der Waals surface area contributed by atoms with E-state index in [1.165, 1.54) is 12.8 Å². The fraction of sp³-hybridized carbons (Fsp3) is 0.846. The molecule has 5 nitrogen and oxygen atoms in total. The van der Waals surface area contributed by atoms with Gasteiger partial charge in [-0.25, -0.2) is 4.68 Å². The van der Waals surface area contributed by atoms with E-state index < -0.39 is 0 Å². The van der Waals surface area contributed by atoms with Gasteiger partial charge in [-0.3, -0.25) is 0 Å². The molecule has 2 N–H and O–H groups in total. The summed E-state index contributed by atoms with van der Waals surface area (Å²) in [5.74, 6) is 0. The van der Waals surface area contributed by atoms with E-state index in [-0.39, 0.29) is 11.6 Å². The largest absolute Gasteiger partial charge is 0.373 e. The van der Waals surface area contributed by atoms with Crippen LogP contribution in [0.3, 0.4) is 0 Å². The minimum Gasteiger partial charge on any atom is -0.373 e. The van der Waals surface area contributed by atoms with E-state index in [1.54, 1.807) is 6.20 Å². The van der Waals surface area contributed by atoms with Gasteiger partial charge in [0.25, 0.3) is 0 Å². The van der Waals surface area contributed by atoms with Gasteiger partial charge in [0.15, 0.2) is 0 Å². The van der Waals surface area contributed by atoms with Gasteiger partial charge in [0, 0.05) is 13.2 Å². The molecule has 1 fully saturated rings. The molecular weight excluding hydrogens is 228 g/mol. The first kappa shape index (κ1) is 13.5. The number of ether oxygens (including phenoxy) is 1. The smallest absolute Gasteiger partial charge is 0.0889 e. The Morgan fingerprint density at radius 1 is 1.44 bits per heavy atom. The van der Waals surface area contributed by atoms with Crippen LogP contribution in [0.15, 0.2) is 6.20 Å². The fourth-order valence-electron chi connectivity index (χ4n) is 2.97. The Morgan fingerprint density at radius 2 is 2.17 bits per heavy atom. The highest BCUT2D eigenvalue weighted by Crippen LogP contribution is 2.41. The first-order chi connectivity index (χ1) is 8.73. The van der Waals surface area contributed by atoms with Gasteiger partial charge in [-0.15, -0.1) is 5.10 Å². The highest BCUT2D eigenvalue weighted by Gasteiger charge is 2.42. The van der Waals surface area contributed by atoms with Gasteiger partial charge in [-0.2, -0.15) is 0 Å². The third-order valence-electron chi connectivity index (χ3n) is 3.85. The van der Waals surface area contributed by atoms with Crippen LogP contribution in [-0.2, 0) is 11.3 Å². The summed E-state index contributed by atoms with van der Waals surface area (Å²) in [5.41, 5.74) is 7.27. The van der Waals surface area contributed by atoms with Gasteiger partial charge in [-0.1, -0.05) is 25.0 Å². The Hall–Kier alpha value is -0.940. The van der Waals surface area contributed by atoms with Crippen molar-refractivity contribution in [2.75, 3.05) is 6.61 Å². The van der Waals surface area contributed by atoms with Crippen LogP contribution >= 0.6 is 0 Å². The van der Waals surface area contributed by atoms with E-state index in [4.69, 9.17) is 10.5 Å². The molecule has 0 aliphatic heterocycles. The topological polar surface area (TPSA) is 66.0 Å². The van der Waals surface area contributed by atoms with Gasteiger partial charge in [-0.05, 0) is 26.2 Å². The zero-order valence-electron chi connectivity index (χ0n) is 11.4. The minimum absolute atomic E-state index is 0.124. The van der Waals surface area contributed by atoms with Crippen LogP contribution < -0.4 is 5.73 Å². The average Bonchev–Trinajstić information content (AvgIpc) is 2.99. The number of hydrogen-bond donors (Lipinski definition) is 1. The van der Waals surface area contributed by atoms with Crippen LogP contribution in [0.4, 0.5) is 0 Å². The molecule has 1 aromatic heterocycles. The molecule has 0 radical (unpaired) electrons. The molecule has 1 atom stereocenters. The van der Waals surface area contributed by atoms with Crippen LogP contribution in [0.5, 0.6) is 0 Å². The summed E-state index contributed by atoms with van der Waals surface area (Å²) in [4.78, 5) is 0. The molecular formula is C13H24N4O. The van der Waals surface area contributed by atoms with Crippen LogP contribution in [-0.4, -0.2) is 27.2 Å². The Balaban J connectivity index is 2.22. The molecule has 1 heterocycles. The molecule has 1 aliphatic rings. The summed E-state index contributed by atoms with van der Waals surface area (Å²) in [7, 11) is 0. The Kier molecular flexibility index (Phi) is 4.35. The standard InChI is InChI=1S/C13H24N4O/c1-3-9-17-11(10-15-16-17)12(14)13(18-4-2)7-5-6-8-13/h10,12H,3-9,14H2,1-2H3. The van der Waals surface area contributed by atoms with Crippen molar-refractivity contribution < 1.29 is 4.74 Å². The van der Waals surface area contributed by atoms with Crippen LogP contribution in [0.2, 0.25) is 0 Å². The molecule has 1 aromatic rings. The van der Waals surface area contributed by atoms with Crippen molar-refractivity contribution in [3.63, 3.8) is 0 Å². The van der Waals surface area contributed by atoms with E-state index in [0.717, 1.165) is 31.5 Å². The highest BCUT2D eigenvalue weighted by atomic mass is 16.5. The van der Waals surface area contributed by atoms with Crippen LogP contribution in [0, 0.1) is 0 Å². The van der Waals surface area contributed by atoms with Crippen molar-refractivity contribution in [1.82, 2.24) is 15.0 Å². The van der Waals surface area contributed by atoms with Crippen molar-refractivity contribution in [3.8, 4) is 0 Å². The molecule has 1 aliphatic carbocycles. The van der Waals surface area contributed by atoms with E-state index in [9.17, 15) is 0 Å². The Labute approximate surface area is 109 Å². The van der Waals surface area contributed by atoms with Crippen molar-refractivity contribution in [1.29, 1.82) is 0 Å². The lowest BCUT2D eigenvalue weighted by Crippen LogP contribution is -2.42. The number of rotatable bonds is 6. The predicted octanol–water partition coefficient (Wildman–Crippen LogP) is 2.04. The number of nitrogens with two attached hydrogens (primary N) is 1. The van der Waals surface area contributed by atoms with Gasteiger partial charge >= 0.3 is 0 Å². The summed E-state index contributed by atoms with van der Waals surface area (Å²) in [6.45, 7) is 5.74. The highest BCUT2D eigenvalue weighted by molar-refractivity contribution is 5.11. The summed E-state index contributed by atoms with van der Waals surface area (Å²) in [6, 6.07) is -0.124. The van der Waals surface area contributed by atoms with Gasteiger partial charge in [0.05, 0.1) is 23.5 Å². The molecule has 0 bridgehead atoms. The lowest BCUT2D eigenvalue weighted by atomic mass is 9.90. The van der Waals surface area contributed by atoms with E-state index >= 15 is 0 Å². The first-order valence-corrected chi connectivity index (χ1v) is 7.01. The lowest BCUT2D eigenvalue weighted by molar-refractivity contribution is -0.0553. The van der Waals surface area contributed by atoms with E-state index in [2.05, 4.69) is 17.2 Å². The first-order valence-electron chi connectivity index (χ1n) is 7.01. The SMILES string of the molecule is CCCn1nncc1C(N)C1(OCC)CCCC1. The van der Waals surface area contributed by atoms with Crippen LogP contribution in [0.25, 0.3) is 0 Å². The number of hydrogen-bond acceptors (Lipinski definition) is 4. The maximum absolute atomic E-state index is 6.47. The van der Waals surface area contributed by atoms with E-state index in [0.29, 0.717) is 6.61 Å². The van der Waals surface area contributed by atoms with Crippen LogP contribution in [0.1, 0.15) is 57.7 Å². The molecule has 0 aromatic carbocycles. The van der Waals surface area contributed by atoms with Crippen molar-refractivity contribution >= 4 is 0 Å². The van der Waals surface area contributed by atoms with Crippen molar-refractivity contribution in [2.45, 2.75) is 64.1 Å². The molecule has 18 heavy (non-hydrogen) atoms. The number of aryl methyl sites for hydroxylation is 1. The van der Waals surface area contributed by atoms with Gasteiger partial charge < -0.3 is 10.5 Å². The molecule has 2 rings (SSSR count). The fourth-order valence-corrected chi connectivity index (χ4v) is 2.97. The third-order valence-corrected chi connectivity index (χ3v) is 3.85. The van der Waals surface area contributed by atoms with Crippen molar-refractivity contribution in [2.24, 2.45) is 5.73 Å². The molecule has 5 heteroatoms. The van der Waals surface area contributed by atoms with Gasteiger partial charge in [0.2, 0.25) is 0 Å². The summed E-state index contributed by atoms with van der Waals surface area (Å²) < 4.78 is 7.94. The maximum atomic E-state index is 6.47. The Morgan fingerprint density at radius 3 is 2.78 bits per heavy atom. The maximum Gasteiger partial charge on any atom is 0.0889 e. The normalized spacial score (nSPS) is 20.2. The quantitative estimate of drug-likeness (QED) is 0.841. The lowest BCUT2D eigenvalue weighted by Gasteiger charge is -2.34. The second kappa shape index (κ2) is 5.80.